The molecule has 0 aromatic heterocycles. The molecule has 6 nitrogen and oxygen atoms in total. The van der Waals surface area contributed by atoms with Crippen LogP contribution in [0.1, 0.15) is 16.7 Å². The Bertz CT molecular complexity index is 1040. The monoisotopic (exact) mass is 416 g/mol. The molecule has 0 fully saturated rings. The van der Waals surface area contributed by atoms with E-state index in [2.05, 4.69) is 15.6 Å². The SMILES string of the molecule is NC1(c2ccc3c(c2)OCO3)NC(=NC2Cc3ccccc3C2)NC=C1C(F)(F)F. The van der Waals surface area contributed by atoms with Gasteiger partial charge in [0.2, 0.25) is 6.79 Å². The normalized spacial score (nSPS) is 24.3. The predicted octanol–water partition coefficient (Wildman–Crippen LogP) is 2.69. The first kappa shape index (κ1) is 18.8. The van der Waals surface area contributed by atoms with Crippen molar-refractivity contribution in [1.29, 1.82) is 0 Å². The second-order valence-corrected chi connectivity index (χ2v) is 7.51. The summed E-state index contributed by atoms with van der Waals surface area (Å²) in [6.45, 7) is 0.0161. The Kier molecular flexibility index (Phi) is 4.18. The van der Waals surface area contributed by atoms with Crippen molar-refractivity contribution in [2.75, 3.05) is 6.79 Å². The van der Waals surface area contributed by atoms with Crippen LogP contribution in [0.25, 0.3) is 0 Å². The number of halogens is 3. The number of alkyl halides is 3. The lowest BCUT2D eigenvalue weighted by Crippen LogP contribution is -2.62. The molecule has 0 saturated heterocycles. The minimum Gasteiger partial charge on any atom is -0.454 e. The van der Waals surface area contributed by atoms with Crippen molar-refractivity contribution in [3.8, 4) is 11.5 Å². The van der Waals surface area contributed by atoms with Crippen LogP contribution in [-0.2, 0) is 18.5 Å². The number of benzene rings is 2. The number of nitrogens with two attached hydrogens (primary N) is 1. The van der Waals surface area contributed by atoms with E-state index >= 15 is 0 Å². The summed E-state index contributed by atoms with van der Waals surface area (Å²) in [7, 11) is 0. The van der Waals surface area contributed by atoms with Crippen LogP contribution in [0.4, 0.5) is 13.2 Å². The van der Waals surface area contributed by atoms with Crippen molar-refractivity contribution in [2.24, 2.45) is 10.7 Å². The largest absolute Gasteiger partial charge is 0.454 e. The maximum Gasteiger partial charge on any atom is 0.417 e. The van der Waals surface area contributed by atoms with Crippen molar-refractivity contribution in [3.63, 3.8) is 0 Å². The fraction of sp³-hybridized carbons (Fsp3) is 0.286. The van der Waals surface area contributed by atoms with Gasteiger partial charge in [0.25, 0.3) is 0 Å². The first-order valence-electron chi connectivity index (χ1n) is 9.49. The van der Waals surface area contributed by atoms with Gasteiger partial charge in [-0.1, -0.05) is 30.3 Å². The number of nitrogens with zero attached hydrogens (tertiary/aromatic N) is 1. The van der Waals surface area contributed by atoms with Gasteiger partial charge in [-0.3, -0.25) is 0 Å². The van der Waals surface area contributed by atoms with Gasteiger partial charge in [0.1, 0.15) is 5.66 Å². The summed E-state index contributed by atoms with van der Waals surface area (Å²) in [5.74, 6) is 1.01. The average molecular weight is 416 g/mol. The highest BCUT2D eigenvalue weighted by molar-refractivity contribution is 5.84. The summed E-state index contributed by atoms with van der Waals surface area (Å²) in [6, 6.07) is 12.4. The summed E-state index contributed by atoms with van der Waals surface area (Å²) in [6.07, 6.45) is -2.33. The molecule has 156 valence electrons. The minimum absolute atomic E-state index is 0.0161. The quantitative estimate of drug-likeness (QED) is 0.702. The second-order valence-electron chi connectivity index (χ2n) is 7.51. The molecule has 3 aliphatic rings. The van der Waals surface area contributed by atoms with Crippen LogP contribution < -0.4 is 25.8 Å². The molecule has 5 rings (SSSR count). The van der Waals surface area contributed by atoms with E-state index < -0.39 is 17.4 Å². The number of hydrogen-bond donors (Lipinski definition) is 3. The Hall–Kier alpha value is -3.20. The summed E-state index contributed by atoms with van der Waals surface area (Å²) >= 11 is 0. The van der Waals surface area contributed by atoms with E-state index in [1.807, 2.05) is 24.3 Å². The second kappa shape index (κ2) is 6.66. The molecule has 2 aromatic carbocycles. The molecule has 0 amide bonds. The molecule has 1 aliphatic carbocycles. The van der Waals surface area contributed by atoms with Crippen molar-refractivity contribution < 1.29 is 22.6 Å². The number of fused-ring (bicyclic) bond motifs is 2. The van der Waals surface area contributed by atoms with E-state index in [0.717, 1.165) is 19.0 Å². The van der Waals surface area contributed by atoms with Gasteiger partial charge in [0.15, 0.2) is 17.5 Å². The molecular weight excluding hydrogens is 397 g/mol. The van der Waals surface area contributed by atoms with Gasteiger partial charge in [0, 0.05) is 11.8 Å². The molecular formula is C21H19F3N4O2. The van der Waals surface area contributed by atoms with E-state index in [9.17, 15) is 13.2 Å². The van der Waals surface area contributed by atoms with Gasteiger partial charge in [-0.05, 0) is 36.1 Å². The molecule has 0 radical (unpaired) electrons. The molecule has 9 heteroatoms. The van der Waals surface area contributed by atoms with Gasteiger partial charge in [-0.15, -0.1) is 0 Å². The Morgan fingerprint density at radius 3 is 2.43 bits per heavy atom. The van der Waals surface area contributed by atoms with Gasteiger partial charge in [-0.2, -0.15) is 13.2 Å². The van der Waals surface area contributed by atoms with Gasteiger partial charge in [0.05, 0.1) is 11.6 Å². The fourth-order valence-corrected chi connectivity index (χ4v) is 4.10. The fourth-order valence-electron chi connectivity index (χ4n) is 4.10. The van der Waals surface area contributed by atoms with Crippen molar-refractivity contribution in [3.05, 3.63) is 70.9 Å². The predicted molar refractivity (Wildman–Crippen MR) is 104 cm³/mol. The number of nitrogens with one attached hydrogen (secondary N) is 2. The van der Waals surface area contributed by atoms with E-state index in [1.54, 1.807) is 6.07 Å². The highest BCUT2D eigenvalue weighted by Gasteiger charge is 2.50. The molecule has 2 aromatic rings. The summed E-state index contributed by atoms with van der Waals surface area (Å²) in [5, 5.41) is 5.41. The zero-order valence-electron chi connectivity index (χ0n) is 15.8. The van der Waals surface area contributed by atoms with Crippen molar-refractivity contribution >= 4 is 5.96 Å². The molecule has 30 heavy (non-hydrogen) atoms. The van der Waals surface area contributed by atoms with Crippen LogP contribution in [-0.4, -0.2) is 25.0 Å². The Balaban J connectivity index is 1.49. The molecule has 4 N–H and O–H groups in total. The molecule has 1 unspecified atom stereocenters. The van der Waals surface area contributed by atoms with E-state index in [-0.39, 0.29) is 24.4 Å². The molecule has 0 spiro atoms. The highest BCUT2D eigenvalue weighted by atomic mass is 19.4. The van der Waals surface area contributed by atoms with E-state index in [4.69, 9.17) is 15.2 Å². The maximum atomic E-state index is 13.8. The zero-order valence-corrected chi connectivity index (χ0v) is 15.8. The van der Waals surface area contributed by atoms with E-state index in [0.29, 0.717) is 11.5 Å². The highest BCUT2D eigenvalue weighted by Crippen LogP contribution is 2.41. The van der Waals surface area contributed by atoms with Crippen LogP contribution in [0.3, 0.4) is 0 Å². The van der Waals surface area contributed by atoms with Gasteiger partial charge >= 0.3 is 6.18 Å². The zero-order chi connectivity index (χ0) is 20.9. The lowest BCUT2D eigenvalue weighted by atomic mass is 9.90. The summed E-state index contributed by atoms with van der Waals surface area (Å²) < 4.78 is 51.9. The van der Waals surface area contributed by atoms with Crippen molar-refractivity contribution in [1.82, 2.24) is 10.6 Å². The molecule has 2 heterocycles. The summed E-state index contributed by atoms with van der Waals surface area (Å²) in [5.41, 5.74) is 5.94. The average Bonchev–Trinajstić information content (AvgIpc) is 3.32. The number of rotatable bonds is 2. The minimum atomic E-state index is -4.65. The first-order valence-corrected chi connectivity index (χ1v) is 9.49. The van der Waals surface area contributed by atoms with Crippen LogP contribution in [0.15, 0.2) is 59.2 Å². The molecule has 0 saturated carbocycles. The summed E-state index contributed by atoms with van der Waals surface area (Å²) in [4.78, 5) is 4.61. The lowest BCUT2D eigenvalue weighted by Gasteiger charge is -2.38. The number of ether oxygens (including phenoxy) is 2. The van der Waals surface area contributed by atoms with Crippen LogP contribution in [0.5, 0.6) is 11.5 Å². The molecule has 0 bridgehead atoms. The van der Waals surface area contributed by atoms with Gasteiger partial charge in [-0.25, -0.2) is 4.99 Å². The molecule has 2 aliphatic heterocycles. The topological polar surface area (TPSA) is 80.9 Å². The number of aliphatic imine (C=N–C) groups is 1. The number of guanidine groups is 1. The third-order valence-corrected chi connectivity index (χ3v) is 5.57. The third-order valence-electron chi connectivity index (χ3n) is 5.57. The van der Waals surface area contributed by atoms with Crippen molar-refractivity contribution in [2.45, 2.75) is 30.7 Å². The van der Waals surface area contributed by atoms with Crippen LogP contribution >= 0.6 is 0 Å². The van der Waals surface area contributed by atoms with Crippen LogP contribution in [0, 0.1) is 0 Å². The maximum absolute atomic E-state index is 13.8. The first-order chi connectivity index (χ1) is 14.3. The Morgan fingerprint density at radius 1 is 1.03 bits per heavy atom. The third kappa shape index (κ3) is 3.15. The standard InChI is InChI=1S/C21H19F3N4O2/c22-21(23,24)18-10-26-19(27-15-7-12-3-1-2-4-13(12)8-15)28-20(18,25)14-5-6-16-17(9-14)30-11-29-16/h1-6,9-10,15H,7-8,11,25H2,(H2,26,27,28). The smallest absolute Gasteiger partial charge is 0.417 e. The Labute approximate surface area is 170 Å². The van der Waals surface area contributed by atoms with Gasteiger partial charge < -0.3 is 25.8 Å². The molecule has 1 atom stereocenters. The lowest BCUT2D eigenvalue weighted by molar-refractivity contribution is -0.103. The van der Waals surface area contributed by atoms with Crippen LogP contribution in [0.2, 0.25) is 0 Å². The number of hydrogen-bond acceptors (Lipinski definition) is 4. The Morgan fingerprint density at radius 2 is 1.73 bits per heavy atom. The van der Waals surface area contributed by atoms with E-state index in [1.165, 1.54) is 23.3 Å².